The summed E-state index contributed by atoms with van der Waals surface area (Å²) in [5.74, 6) is 1.19. The van der Waals surface area contributed by atoms with E-state index >= 15 is 0 Å². The highest BCUT2D eigenvalue weighted by Gasteiger charge is 2.32. The lowest BCUT2D eigenvalue weighted by molar-refractivity contribution is -0.142. The second-order valence-corrected chi connectivity index (χ2v) is 5.30. The van der Waals surface area contributed by atoms with Gasteiger partial charge in [-0.2, -0.15) is 0 Å². The van der Waals surface area contributed by atoms with Crippen molar-refractivity contribution in [2.45, 2.75) is 33.6 Å². The predicted octanol–water partition coefficient (Wildman–Crippen LogP) is 1.98. The zero-order valence-electron chi connectivity index (χ0n) is 9.99. The Morgan fingerprint density at radius 2 is 2.13 bits per heavy atom. The van der Waals surface area contributed by atoms with Gasteiger partial charge in [-0.05, 0) is 37.1 Å². The molecule has 88 valence electrons. The highest BCUT2D eigenvalue weighted by atomic mass is 16.4. The van der Waals surface area contributed by atoms with Gasteiger partial charge in [0.25, 0.3) is 0 Å². The van der Waals surface area contributed by atoms with Crippen LogP contribution in [0.2, 0.25) is 0 Å². The van der Waals surface area contributed by atoms with Gasteiger partial charge < -0.3 is 10.4 Å². The SMILES string of the molecule is CC(C)CC(CNCC1CC1C)C(=O)O. The first kappa shape index (κ1) is 12.5. The molecular formula is C12H23NO2. The highest BCUT2D eigenvalue weighted by Crippen LogP contribution is 2.36. The Labute approximate surface area is 92.3 Å². The van der Waals surface area contributed by atoms with Crippen LogP contribution in [0.25, 0.3) is 0 Å². The van der Waals surface area contributed by atoms with E-state index in [9.17, 15) is 4.79 Å². The summed E-state index contributed by atoms with van der Waals surface area (Å²) in [6, 6.07) is 0. The fourth-order valence-corrected chi connectivity index (χ4v) is 1.97. The molecule has 1 aliphatic rings. The minimum Gasteiger partial charge on any atom is -0.481 e. The fraction of sp³-hybridized carbons (Fsp3) is 0.917. The number of aliphatic carboxylic acids is 1. The second-order valence-electron chi connectivity index (χ2n) is 5.30. The summed E-state index contributed by atoms with van der Waals surface area (Å²) in [4.78, 5) is 11.0. The molecule has 2 N–H and O–H groups in total. The van der Waals surface area contributed by atoms with E-state index in [-0.39, 0.29) is 5.92 Å². The van der Waals surface area contributed by atoms with Crippen molar-refractivity contribution in [2.75, 3.05) is 13.1 Å². The molecule has 0 amide bonds. The molecule has 15 heavy (non-hydrogen) atoms. The van der Waals surface area contributed by atoms with Gasteiger partial charge in [-0.1, -0.05) is 20.8 Å². The Morgan fingerprint density at radius 1 is 1.53 bits per heavy atom. The molecule has 3 nitrogen and oxygen atoms in total. The summed E-state index contributed by atoms with van der Waals surface area (Å²) in [5.41, 5.74) is 0. The first-order valence-electron chi connectivity index (χ1n) is 5.94. The van der Waals surface area contributed by atoms with Gasteiger partial charge in [0.05, 0.1) is 5.92 Å². The third-order valence-corrected chi connectivity index (χ3v) is 3.18. The fourth-order valence-electron chi connectivity index (χ4n) is 1.97. The summed E-state index contributed by atoms with van der Waals surface area (Å²) in [7, 11) is 0. The van der Waals surface area contributed by atoms with E-state index in [0.717, 1.165) is 24.8 Å². The second kappa shape index (κ2) is 5.50. The van der Waals surface area contributed by atoms with Gasteiger partial charge in [0.1, 0.15) is 0 Å². The molecule has 0 bridgehead atoms. The van der Waals surface area contributed by atoms with Crippen molar-refractivity contribution in [2.24, 2.45) is 23.7 Å². The minimum atomic E-state index is -0.667. The summed E-state index contributed by atoms with van der Waals surface area (Å²) in [6.07, 6.45) is 2.07. The van der Waals surface area contributed by atoms with Crippen LogP contribution < -0.4 is 5.32 Å². The van der Waals surface area contributed by atoms with Gasteiger partial charge in [0, 0.05) is 6.54 Å². The quantitative estimate of drug-likeness (QED) is 0.680. The molecule has 0 radical (unpaired) electrons. The van der Waals surface area contributed by atoms with E-state index in [1.54, 1.807) is 0 Å². The first-order valence-corrected chi connectivity index (χ1v) is 5.94. The molecular weight excluding hydrogens is 190 g/mol. The maximum atomic E-state index is 11.0. The van der Waals surface area contributed by atoms with E-state index in [0.29, 0.717) is 12.5 Å². The van der Waals surface area contributed by atoms with E-state index in [1.807, 2.05) is 0 Å². The van der Waals surface area contributed by atoms with E-state index in [4.69, 9.17) is 5.11 Å². The molecule has 0 heterocycles. The zero-order chi connectivity index (χ0) is 11.4. The van der Waals surface area contributed by atoms with Crippen LogP contribution in [-0.2, 0) is 4.79 Å². The number of hydrogen-bond acceptors (Lipinski definition) is 2. The van der Waals surface area contributed by atoms with Crippen molar-refractivity contribution < 1.29 is 9.90 Å². The number of carbonyl (C=O) groups is 1. The van der Waals surface area contributed by atoms with E-state index in [2.05, 4.69) is 26.1 Å². The van der Waals surface area contributed by atoms with Gasteiger partial charge >= 0.3 is 5.97 Å². The van der Waals surface area contributed by atoms with Crippen molar-refractivity contribution in [3.05, 3.63) is 0 Å². The van der Waals surface area contributed by atoms with Crippen LogP contribution in [0.4, 0.5) is 0 Å². The lowest BCUT2D eigenvalue weighted by Gasteiger charge is -2.15. The Kier molecular flexibility index (Phi) is 4.58. The molecule has 0 aromatic rings. The first-order chi connectivity index (χ1) is 7.00. The van der Waals surface area contributed by atoms with Crippen molar-refractivity contribution in [3.8, 4) is 0 Å². The smallest absolute Gasteiger partial charge is 0.307 e. The molecule has 3 atom stereocenters. The molecule has 1 fully saturated rings. The van der Waals surface area contributed by atoms with Gasteiger partial charge in [-0.25, -0.2) is 0 Å². The predicted molar refractivity (Wildman–Crippen MR) is 60.7 cm³/mol. The van der Waals surface area contributed by atoms with E-state index < -0.39 is 5.97 Å². The molecule has 0 saturated heterocycles. The van der Waals surface area contributed by atoms with Crippen LogP contribution in [0.5, 0.6) is 0 Å². The summed E-state index contributed by atoms with van der Waals surface area (Å²) in [6.45, 7) is 7.99. The van der Waals surface area contributed by atoms with Gasteiger partial charge in [0.15, 0.2) is 0 Å². The van der Waals surface area contributed by atoms with Crippen LogP contribution in [0.1, 0.15) is 33.6 Å². The van der Waals surface area contributed by atoms with Crippen molar-refractivity contribution >= 4 is 5.97 Å². The Balaban J connectivity index is 2.16. The normalized spacial score (nSPS) is 26.7. The number of carboxylic acids is 1. The van der Waals surface area contributed by atoms with E-state index in [1.165, 1.54) is 6.42 Å². The summed E-state index contributed by atoms with van der Waals surface area (Å²) >= 11 is 0. The maximum absolute atomic E-state index is 11.0. The van der Waals surface area contributed by atoms with Crippen molar-refractivity contribution in [1.29, 1.82) is 0 Å². The molecule has 3 heteroatoms. The molecule has 1 aliphatic carbocycles. The van der Waals surface area contributed by atoms with Crippen LogP contribution >= 0.6 is 0 Å². The molecule has 0 spiro atoms. The van der Waals surface area contributed by atoms with Crippen molar-refractivity contribution in [3.63, 3.8) is 0 Å². The van der Waals surface area contributed by atoms with Crippen LogP contribution in [0.3, 0.4) is 0 Å². The standard InChI is InChI=1S/C12H23NO2/c1-8(2)4-11(12(14)15)7-13-6-10-5-9(10)3/h8-11,13H,4-7H2,1-3H3,(H,14,15). The van der Waals surface area contributed by atoms with Crippen LogP contribution in [-0.4, -0.2) is 24.2 Å². The Hall–Kier alpha value is -0.570. The highest BCUT2D eigenvalue weighted by molar-refractivity contribution is 5.70. The number of carboxylic acid groups (broad SMARTS) is 1. The summed E-state index contributed by atoms with van der Waals surface area (Å²) in [5, 5.41) is 12.3. The lowest BCUT2D eigenvalue weighted by Crippen LogP contribution is -2.30. The minimum absolute atomic E-state index is 0.223. The molecule has 0 aromatic heterocycles. The lowest BCUT2D eigenvalue weighted by atomic mass is 9.97. The average Bonchev–Trinajstić information content (AvgIpc) is 2.79. The van der Waals surface area contributed by atoms with Gasteiger partial charge in [-0.3, -0.25) is 4.79 Å². The number of rotatable bonds is 7. The Bertz CT molecular complexity index is 216. The molecule has 0 aromatic carbocycles. The molecule has 1 saturated carbocycles. The van der Waals surface area contributed by atoms with Crippen LogP contribution in [0, 0.1) is 23.7 Å². The third-order valence-electron chi connectivity index (χ3n) is 3.18. The molecule has 0 aliphatic heterocycles. The number of hydrogen-bond donors (Lipinski definition) is 2. The number of nitrogens with one attached hydrogen (secondary N) is 1. The molecule has 1 rings (SSSR count). The zero-order valence-corrected chi connectivity index (χ0v) is 9.99. The Morgan fingerprint density at radius 3 is 2.53 bits per heavy atom. The van der Waals surface area contributed by atoms with Gasteiger partial charge in [-0.15, -0.1) is 0 Å². The topological polar surface area (TPSA) is 49.3 Å². The monoisotopic (exact) mass is 213 g/mol. The third kappa shape index (κ3) is 4.65. The van der Waals surface area contributed by atoms with Crippen LogP contribution in [0.15, 0.2) is 0 Å². The summed E-state index contributed by atoms with van der Waals surface area (Å²) < 4.78 is 0. The van der Waals surface area contributed by atoms with Crippen molar-refractivity contribution in [1.82, 2.24) is 5.32 Å². The van der Waals surface area contributed by atoms with Gasteiger partial charge in [0.2, 0.25) is 0 Å². The maximum Gasteiger partial charge on any atom is 0.307 e. The average molecular weight is 213 g/mol. The largest absolute Gasteiger partial charge is 0.481 e. The molecule has 3 unspecified atom stereocenters.